The molecule has 0 radical (unpaired) electrons. The highest BCUT2D eigenvalue weighted by Gasteiger charge is 2.29. The Bertz CT molecular complexity index is 262. The second-order valence-corrected chi connectivity index (χ2v) is 5.59. The van der Waals surface area contributed by atoms with Gasteiger partial charge < -0.3 is 15.7 Å². The largest absolute Gasteiger partial charge is 0.393 e. The quantitative estimate of drug-likeness (QED) is 0.664. The monoisotopic (exact) mass is 240 g/mol. The van der Waals surface area contributed by atoms with Crippen molar-refractivity contribution < 1.29 is 9.90 Å². The van der Waals surface area contributed by atoms with E-state index in [0.717, 1.165) is 45.2 Å². The van der Waals surface area contributed by atoms with Crippen LogP contribution in [0.25, 0.3) is 0 Å². The Balaban J connectivity index is 1.79. The molecule has 2 aliphatic rings. The third-order valence-electron chi connectivity index (χ3n) is 4.17. The molecule has 1 saturated carbocycles. The van der Waals surface area contributed by atoms with Crippen molar-refractivity contribution in [2.45, 2.75) is 51.2 Å². The van der Waals surface area contributed by atoms with Crippen LogP contribution in [0.2, 0.25) is 0 Å². The van der Waals surface area contributed by atoms with E-state index < -0.39 is 0 Å². The number of hydrogen-bond acceptors (Lipinski definition) is 3. The Hall–Kier alpha value is -0.610. The molecule has 0 bridgehead atoms. The molecule has 2 unspecified atom stereocenters. The molecule has 1 aliphatic heterocycles. The number of carbonyl (C=O) groups is 1. The van der Waals surface area contributed by atoms with E-state index in [0.29, 0.717) is 5.92 Å². The lowest BCUT2D eigenvalue weighted by molar-refractivity contribution is -0.128. The van der Waals surface area contributed by atoms with Crippen LogP contribution in [0.15, 0.2) is 0 Å². The fraction of sp³-hybridized carbons (Fsp3) is 0.923. The van der Waals surface area contributed by atoms with E-state index in [4.69, 9.17) is 0 Å². The van der Waals surface area contributed by atoms with Crippen LogP contribution in [0.4, 0.5) is 0 Å². The maximum Gasteiger partial charge on any atom is 0.223 e. The summed E-state index contributed by atoms with van der Waals surface area (Å²) in [5.41, 5.74) is 0. The number of aliphatic hydroxyl groups excluding tert-OH is 1. The van der Waals surface area contributed by atoms with Crippen molar-refractivity contribution in [3.8, 4) is 0 Å². The highest BCUT2D eigenvalue weighted by Crippen LogP contribution is 2.22. The van der Waals surface area contributed by atoms with Crippen molar-refractivity contribution in [3.05, 3.63) is 0 Å². The van der Waals surface area contributed by atoms with Crippen LogP contribution in [0.5, 0.6) is 0 Å². The van der Waals surface area contributed by atoms with Gasteiger partial charge in [0.05, 0.1) is 6.10 Å². The first-order chi connectivity index (χ1) is 8.16. The van der Waals surface area contributed by atoms with Crippen LogP contribution < -0.4 is 10.6 Å². The van der Waals surface area contributed by atoms with Gasteiger partial charge in [-0.05, 0) is 51.1 Å². The van der Waals surface area contributed by atoms with Gasteiger partial charge in [-0.1, -0.05) is 6.92 Å². The minimum absolute atomic E-state index is 0.152. The molecule has 2 atom stereocenters. The molecule has 2 rings (SSSR count). The Labute approximate surface area is 103 Å². The summed E-state index contributed by atoms with van der Waals surface area (Å²) in [5, 5.41) is 15.9. The lowest BCUT2D eigenvalue weighted by atomic mass is 9.86. The number of nitrogens with one attached hydrogen (secondary N) is 2. The van der Waals surface area contributed by atoms with Crippen molar-refractivity contribution in [3.63, 3.8) is 0 Å². The summed E-state index contributed by atoms with van der Waals surface area (Å²) in [6, 6.07) is 0.285. The maximum atomic E-state index is 12.2. The first kappa shape index (κ1) is 12.8. The Kier molecular flexibility index (Phi) is 4.40. The van der Waals surface area contributed by atoms with E-state index in [1.165, 1.54) is 0 Å². The average molecular weight is 240 g/mol. The topological polar surface area (TPSA) is 61.4 Å². The summed E-state index contributed by atoms with van der Waals surface area (Å²) < 4.78 is 0. The summed E-state index contributed by atoms with van der Waals surface area (Å²) in [5.74, 6) is 0.821. The lowest BCUT2D eigenvalue weighted by Crippen LogP contribution is -2.47. The molecule has 1 saturated heterocycles. The SMILES string of the molecule is CC1CNCCC1C(=O)NC1CCC(O)CC1. The van der Waals surface area contributed by atoms with Gasteiger partial charge in [-0.25, -0.2) is 0 Å². The Morgan fingerprint density at radius 2 is 1.94 bits per heavy atom. The molecular weight excluding hydrogens is 216 g/mol. The van der Waals surface area contributed by atoms with Crippen LogP contribution >= 0.6 is 0 Å². The zero-order valence-electron chi connectivity index (χ0n) is 10.6. The fourth-order valence-corrected chi connectivity index (χ4v) is 2.93. The molecule has 0 aromatic rings. The highest BCUT2D eigenvalue weighted by molar-refractivity contribution is 5.79. The van der Waals surface area contributed by atoms with Crippen molar-refractivity contribution in [1.82, 2.24) is 10.6 Å². The molecule has 4 nitrogen and oxygen atoms in total. The van der Waals surface area contributed by atoms with Crippen LogP contribution in [-0.4, -0.2) is 36.2 Å². The average Bonchev–Trinajstić information content (AvgIpc) is 2.32. The van der Waals surface area contributed by atoms with Crippen LogP contribution in [0.3, 0.4) is 0 Å². The van der Waals surface area contributed by atoms with Crippen molar-refractivity contribution in [2.75, 3.05) is 13.1 Å². The predicted molar refractivity (Wildman–Crippen MR) is 66.5 cm³/mol. The summed E-state index contributed by atoms with van der Waals surface area (Å²) >= 11 is 0. The third kappa shape index (κ3) is 3.42. The molecule has 4 heteroatoms. The van der Waals surface area contributed by atoms with Gasteiger partial charge in [0, 0.05) is 12.0 Å². The molecule has 0 aromatic heterocycles. The standard InChI is InChI=1S/C13H24N2O2/c1-9-8-14-7-6-12(9)13(17)15-10-2-4-11(16)5-3-10/h9-12,14,16H,2-8H2,1H3,(H,15,17). The van der Waals surface area contributed by atoms with E-state index in [1.807, 2.05) is 0 Å². The summed E-state index contributed by atoms with van der Waals surface area (Å²) in [4.78, 5) is 12.2. The van der Waals surface area contributed by atoms with Crippen LogP contribution in [0, 0.1) is 11.8 Å². The van der Waals surface area contributed by atoms with Gasteiger partial charge in [0.25, 0.3) is 0 Å². The van der Waals surface area contributed by atoms with Crippen molar-refractivity contribution in [1.29, 1.82) is 0 Å². The minimum Gasteiger partial charge on any atom is -0.393 e. The normalized spacial score (nSPS) is 38.7. The van der Waals surface area contributed by atoms with E-state index in [1.54, 1.807) is 0 Å². The highest BCUT2D eigenvalue weighted by atomic mass is 16.3. The summed E-state index contributed by atoms with van der Waals surface area (Å²) in [7, 11) is 0. The van der Waals surface area contributed by atoms with E-state index >= 15 is 0 Å². The first-order valence-electron chi connectivity index (χ1n) is 6.86. The predicted octanol–water partition coefficient (Wildman–Crippen LogP) is 0.652. The first-order valence-corrected chi connectivity index (χ1v) is 6.86. The van der Waals surface area contributed by atoms with Crippen LogP contribution in [0.1, 0.15) is 39.0 Å². The lowest BCUT2D eigenvalue weighted by Gasteiger charge is -2.32. The molecule has 17 heavy (non-hydrogen) atoms. The molecule has 3 N–H and O–H groups in total. The van der Waals surface area contributed by atoms with Gasteiger partial charge >= 0.3 is 0 Å². The Morgan fingerprint density at radius 3 is 2.59 bits per heavy atom. The van der Waals surface area contributed by atoms with E-state index in [-0.39, 0.29) is 24.0 Å². The molecule has 0 spiro atoms. The van der Waals surface area contributed by atoms with Gasteiger partial charge in [-0.2, -0.15) is 0 Å². The Morgan fingerprint density at radius 1 is 1.24 bits per heavy atom. The van der Waals surface area contributed by atoms with Crippen molar-refractivity contribution in [2.24, 2.45) is 11.8 Å². The van der Waals surface area contributed by atoms with Gasteiger partial charge in [-0.3, -0.25) is 4.79 Å². The van der Waals surface area contributed by atoms with Gasteiger partial charge in [0.1, 0.15) is 0 Å². The number of amides is 1. The maximum absolute atomic E-state index is 12.2. The van der Waals surface area contributed by atoms with Crippen LogP contribution in [-0.2, 0) is 4.79 Å². The molecule has 1 amide bonds. The zero-order valence-corrected chi connectivity index (χ0v) is 10.6. The summed E-state index contributed by atoms with van der Waals surface area (Å²) in [6.07, 6.45) is 4.29. The number of carbonyl (C=O) groups excluding carboxylic acids is 1. The van der Waals surface area contributed by atoms with Gasteiger partial charge in [-0.15, -0.1) is 0 Å². The zero-order chi connectivity index (χ0) is 12.3. The fourth-order valence-electron chi connectivity index (χ4n) is 2.93. The molecule has 0 aromatic carbocycles. The second kappa shape index (κ2) is 5.83. The van der Waals surface area contributed by atoms with E-state index in [2.05, 4.69) is 17.6 Å². The number of aliphatic hydroxyl groups is 1. The minimum atomic E-state index is -0.152. The number of piperidine rings is 1. The smallest absolute Gasteiger partial charge is 0.223 e. The molecular formula is C13H24N2O2. The van der Waals surface area contributed by atoms with Gasteiger partial charge in [0.15, 0.2) is 0 Å². The van der Waals surface area contributed by atoms with E-state index in [9.17, 15) is 9.90 Å². The summed E-state index contributed by atoms with van der Waals surface area (Å²) in [6.45, 7) is 4.04. The third-order valence-corrected chi connectivity index (χ3v) is 4.17. The number of rotatable bonds is 2. The van der Waals surface area contributed by atoms with Crippen molar-refractivity contribution >= 4 is 5.91 Å². The van der Waals surface area contributed by atoms with Gasteiger partial charge in [0.2, 0.25) is 5.91 Å². The molecule has 1 aliphatic carbocycles. The molecule has 98 valence electrons. The molecule has 2 fully saturated rings. The second-order valence-electron chi connectivity index (χ2n) is 5.59. The number of hydrogen-bond donors (Lipinski definition) is 3. The molecule has 1 heterocycles.